The topological polar surface area (TPSA) is 114 Å². The highest BCUT2D eigenvalue weighted by Crippen LogP contribution is 2.30. The fraction of sp³-hybridized carbons (Fsp3) is 0.286. The molecule has 1 heterocycles. The summed E-state index contributed by atoms with van der Waals surface area (Å²) in [5.74, 6) is -0.754. The third-order valence-corrected chi connectivity index (χ3v) is 6.18. The summed E-state index contributed by atoms with van der Waals surface area (Å²) in [6.45, 7) is 8.41. The van der Waals surface area contributed by atoms with Crippen molar-refractivity contribution in [2.24, 2.45) is 0 Å². The van der Waals surface area contributed by atoms with Crippen LogP contribution in [0.5, 0.6) is 0 Å². The zero-order valence-electron chi connectivity index (χ0n) is 21.1. The van der Waals surface area contributed by atoms with Crippen LogP contribution in [-0.2, 0) is 10.2 Å². The minimum Gasteiger partial charge on any atom is -0.378 e. The van der Waals surface area contributed by atoms with E-state index in [0.29, 0.717) is 48.9 Å². The first-order valence-electron chi connectivity index (χ1n) is 12.1. The lowest BCUT2D eigenvalue weighted by molar-refractivity contribution is -0.384. The fourth-order valence-electron chi connectivity index (χ4n) is 4.09. The Morgan fingerprint density at radius 2 is 1.43 bits per heavy atom. The smallest absolute Gasteiger partial charge is 0.293 e. The van der Waals surface area contributed by atoms with Gasteiger partial charge in [0.1, 0.15) is 5.69 Å². The summed E-state index contributed by atoms with van der Waals surface area (Å²) >= 11 is 0. The second kappa shape index (κ2) is 10.8. The predicted molar refractivity (Wildman–Crippen MR) is 144 cm³/mol. The number of rotatable bonds is 6. The van der Waals surface area contributed by atoms with Crippen LogP contribution >= 0.6 is 0 Å². The van der Waals surface area contributed by atoms with Crippen molar-refractivity contribution in [1.29, 1.82) is 0 Å². The van der Waals surface area contributed by atoms with E-state index < -0.39 is 10.8 Å². The minimum absolute atomic E-state index is 0.00912. The molecule has 0 unspecified atom stereocenters. The van der Waals surface area contributed by atoms with Crippen LogP contribution in [0.3, 0.4) is 0 Å². The normalized spacial score (nSPS) is 13.6. The summed E-state index contributed by atoms with van der Waals surface area (Å²) in [4.78, 5) is 38.7. The van der Waals surface area contributed by atoms with Gasteiger partial charge in [0.05, 0.1) is 18.1 Å². The van der Waals surface area contributed by atoms with Gasteiger partial charge in [0.2, 0.25) is 0 Å². The second-order valence-electron chi connectivity index (χ2n) is 9.88. The molecular weight excluding hydrogens is 472 g/mol. The molecule has 1 aliphatic heterocycles. The maximum Gasteiger partial charge on any atom is 0.293 e. The van der Waals surface area contributed by atoms with Crippen LogP contribution in [0.25, 0.3) is 0 Å². The molecule has 0 spiro atoms. The van der Waals surface area contributed by atoms with Crippen LogP contribution in [0.15, 0.2) is 66.7 Å². The summed E-state index contributed by atoms with van der Waals surface area (Å²) in [5.41, 5.74) is 3.10. The molecule has 0 aliphatic carbocycles. The number of carbonyl (C=O) groups is 2. The molecule has 3 aromatic carbocycles. The molecule has 9 nitrogen and oxygen atoms in total. The summed E-state index contributed by atoms with van der Waals surface area (Å²) < 4.78 is 5.32. The molecule has 192 valence electrons. The zero-order valence-corrected chi connectivity index (χ0v) is 21.1. The number of anilines is 3. The number of morpholine rings is 1. The summed E-state index contributed by atoms with van der Waals surface area (Å²) in [5, 5.41) is 17.3. The quantitative estimate of drug-likeness (QED) is 0.352. The highest BCUT2D eigenvalue weighted by molar-refractivity contribution is 6.07. The molecule has 0 bridgehead atoms. The van der Waals surface area contributed by atoms with Gasteiger partial charge < -0.3 is 20.3 Å². The Morgan fingerprint density at radius 3 is 2.00 bits per heavy atom. The number of carbonyl (C=O) groups excluding carboxylic acids is 2. The minimum atomic E-state index is -0.488. The molecule has 0 aromatic heterocycles. The molecule has 1 fully saturated rings. The van der Waals surface area contributed by atoms with E-state index in [1.807, 2.05) is 17.0 Å². The van der Waals surface area contributed by atoms with Gasteiger partial charge in [0.25, 0.3) is 17.5 Å². The van der Waals surface area contributed by atoms with Crippen molar-refractivity contribution in [3.63, 3.8) is 0 Å². The lowest BCUT2D eigenvalue weighted by Gasteiger charge is -2.28. The number of amides is 2. The predicted octanol–water partition coefficient (Wildman–Crippen LogP) is 5.23. The van der Waals surface area contributed by atoms with Gasteiger partial charge in [-0.15, -0.1) is 0 Å². The van der Waals surface area contributed by atoms with Crippen molar-refractivity contribution in [3.05, 3.63) is 93.5 Å². The summed E-state index contributed by atoms with van der Waals surface area (Å²) in [6.07, 6.45) is 0. The molecule has 9 heteroatoms. The Morgan fingerprint density at radius 1 is 0.865 bits per heavy atom. The highest BCUT2D eigenvalue weighted by atomic mass is 16.6. The Kier molecular flexibility index (Phi) is 7.54. The van der Waals surface area contributed by atoms with Crippen molar-refractivity contribution in [1.82, 2.24) is 0 Å². The number of nitro groups is 1. The molecule has 1 saturated heterocycles. The molecule has 37 heavy (non-hydrogen) atoms. The van der Waals surface area contributed by atoms with Crippen LogP contribution < -0.4 is 15.5 Å². The van der Waals surface area contributed by atoms with Crippen LogP contribution in [0.4, 0.5) is 22.7 Å². The Hall–Kier alpha value is -4.24. The van der Waals surface area contributed by atoms with E-state index in [0.717, 1.165) is 5.56 Å². The monoisotopic (exact) mass is 502 g/mol. The van der Waals surface area contributed by atoms with Gasteiger partial charge in [-0.2, -0.15) is 0 Å². The van der Waals surface area contributed by atoms with Crippen molar-refractivity contribution in [2.75, 3.05) is 41.8 Å². The van der Waals surface area contributed by atoms with Gasteiger partial charge in [-0.3, -0.25) is 19.7 Å². The van der Waals surface area contributed by atoms with E-state index in [4.69, 9.17) is 4.74 Å². The van der Waals surface area contributed by atoms with Gasteiger partial charge in [0.15, 0.2) is 0 Å². The van der Waals surface area contributed by atoms with E-state index in [1.165, 1.54) is 6.07 Å². The molecule has 0 saturated carbocycles. The first-order valence-corrected chi connectivity index (χ1v) is 12.1. The Labute approximate surface area is 215 Å². The van der Waals surface area contributed by atoms with Gasteiger partial charge in [-0.05, 0) is 53.4 Å². The lowest BCUT2D eigenvalue weighted by Crippen LogP contribution is -2.36. The van der Waals surface area contributed by atoms with Crippen LogP contribution in [0.1, 0.15) is 47.1 Å². The molecule has 2 N–H and O–H groups in total. The average molecular weight is 503 g/mol. The molecule has 1 aliphatic rings. The van der Waals surface area contributed by atoms with Gasteiger partial charge in [-0.25, -0.2) is 0 Å². The number of ether oxygens (including phenoxy) is 1. The van der Waals surface area contributed by atoms with Crippen LogP contribution in [-0.4, -0.2) is 43.0 Å². The van der Waals surface area contributed by atoms with Crippen molar-refractivity contribution in [3.8, 4) is 0 Å². The average Bonchev–Trinajstić information content (AvgIpc) is 2.88. The van der Waals surface area contributed by atoms with E-state index >= 15 is 0 Å². The molecule has 2 amide bonds. The molecule has 0 atom stereocenters. The maximum absolute atomic E-state index is 12.9. The number of nitrogens with zero attached hydrogens (tertiary/aromatic N) is 2. The molecular formula is C28H30N4O5. The first-order chi connectivity index (χ1) is 17.6. The molecule has 0 radical (unpaired) electrons. The van der Waals surface area contributed by atoms with Gasteiger partial charge >= 0.3 is 0 Å². The highest BCUT2D eigenvalue weighted by Gasteiger charge is 2.23. The molecule has 4 rings (SSSR count). The Bertz CT molecular complexity index is 1310. The zero-order chi connectivity index (χ0) is 26.6. The van der Waals surface area contributed by atoms with Crippen molar-refractivity contribution < 1.29 is 19.2 Å². The van der Waals surface area contributed by atoms with Crippen molar-refractivity contribution in [2.45, 2.75) is 26.2 Å². The summed E-state index contributed by atoms with van der Waals surface area (Å²) in [6, 6.07) is 18.6. The SMILES string of the molecule is CC(C)(C)c1ccc(C(=O)Nc2cccc(NC(=O)c3ccc(N4CCOCC4)c([N+](=O)[O-])c3)c2)cc1. The summed E-state index contributed by atoms with van der Waals surface area (Å²) in [7, 11) is 0. The molecule has 3 aromatic rings. The van der Waals surface area contributed by atoms with Crippen molar-refractivity contribution >= 4 is 34.6 Å². The van der Waals surface area contributed by atoms with E-state index in [2.05, 4.69) is 31.4 Å². The number of hydrogen-bond acceptors (Lipinski definition) is 6. The van der Waals surface area contributed by atoms with E-state index in [-0.39, 0.29) is 22.6 Å². The number of nitro benzene ring substituents is 1. The second-order valence-corrected chi connectivity index (χ2v) is 9.88. The fourth-order valence-corrected chi connectivity index (χ4v) is 4.09. The first kappa shape index (κ1) is 25.8. The number of hydrogen-bond donors (Lipinski definition) is 2. The maximum atomic E-state index is 12.9. The third-order valence-electron chi connectivity index (χ3n) is 6.18. The van der Waals surface area contributed by atoms with Gasteiger partial charge in [-0.1, -0.05) is 39.0 Å². The third kappa shape index (κ3) is 6.31. The number of nitrogens with one attached hydrogen (secondary N) is 2. The number of benzene rings is 3. The van der Waals surface area contributed by atoms with Crippen LogP contribution in [0.2, 0.25) is 0 Å². The van der Waals surface area contributed by atoms with Crippen LogP contribution in [0, 0.1) is 10.1 Å². The van der Waals surface area contributed by atoms with E-state index in [1.54, 1.807) is 48.5 Å². The lowest BCUT2D eigenvalue weighted by atomic mass is 9.87. The van der Waals surface area contributed by atoms with E-state index in [9.17, 15) is 19.7 Å². The van der Waals surface area contributed by atoms with Gasteiger partial charge in [0, 0.05) is 41.7 Å². The largest absolute Gasteiger partial charge is 0.378 e. The Balaban J connectivity index is 1.46. The standard InChI is InChI=1S/C28H30N4O5/c1-28(2,3)21-10-7-19(8-11-21)26(33)29-22-5-4-6-23(18-22)30-27(34)20-9-12-24(25(17-20)32(35)36)31-13-15-37-16-14-31/h4-12,17-18H,13-16H2,1-3H3,(H,29,33)(H,30,34).